The zero-order valence-electron chi connectivity index (χ0n) is 12.8. The Kier molecular flexibility index (Phi) is 3.64. The SMILES string of the molecule is Cc1nc(N(C)c2ccc(C(C)C)cc2)c2sccc2n1. The van der Waals surface area contributed by atoms with Crippen LogP contribution in [0.1, 0.15) is 31.2 Å². The van der Waals surface area contributed by atoms with E-state index in [2.05, 4.69) is 65.4 Å². The van der Waals surface area contributed by atoms with Crippen LogP contribution >= 0.6 is 11.3 Å². The van der Waals surface area contributed by atoms with Gasteiger partial charge in [0.05, 0.1) is 10.2 Å². The molecule has 0 aliphatic rings. The fourth-order valence-corrected chi connectivity index (χ4v) is 3.25. The van der Waals surface area contributed by atoms with E-state index in [1.165, 1.54) is 5.56 Å². The van der Waals surface area contributed by atoms with Crippen molar-refractivity contribution in [3.63, 3.8) is 0 Å². The maximum Gasteiger partial charge on any atom is 0.154 e. The molecule has 3 aromatic rings. The fraction of sp³-hybridized carbons (Fsp3) is 0.294. The van der Waals surface area contributed by atoms with Crippen molar-refractivity contribution in [1.82, 2.24) is 9.97 Å². The van der Waals surface area contributed by atoms with Crippen LogP contribution in [0.3, 0.4) is 0 Å². The Morgan fingerprint density at radius 3 is 2.43 bits per heavy atom. The van der Waals surface area contributed by atoms with E-state index in [4.69, 9.17) is 0 Å². The van der Waals surface area contributed by atoms with Crippen LogP contribution in [-0.2, 0) is 0 Å². The van der Waals surface area contributed by atoms with Crippen molar-refractivity contribution in [2.45, 2.75) is 26.7 Å². The smallest absolute Gasteiger partial charge is 0.154 e. The summed E-state index contributed by atoms with van der Waals surface area (Å²) in [5.41, 5.74) is 3.52. The first-order chi connectivity index (χ1) is 10.1. The van der Waals surface area contributed by atoms with Crippen molar-refractivity contribution in [3.05, 3.63) is 47.1 Å². The summed E-state index contributed by atoms with van der Waals surface area (Å²) in [6.07, 6.45) is 0. The third-order valence-corrected chi connectivity index (χ3v) is 4.56. The standard InChI is InChI=1S/C17H19N3S/c1-11(2)13-5-7-14(8-6-13)20(4)17-16-15(9-10-21-16)18-12(3)19-17/h5-11H,1-4H3. The maximum absolute atomic E-state index is 4.63. The molecule has 0 amide bonds. The van der Waals surface area contributed by atoms with E-state index in [0.29, 0.717) is 5.92 Å². The normalized spacial score (nSPS) is 11.3. The summed E-state index contributed by atoms with van der Waals surface area (Å²) in [6.45, 7) is 6.36. The van der Waals surface area contributed by atoms with Crippen molar-refractivity contribution in [2.24, 2.45) is 0 Å². The molecule has 3 rings (SSSR count). The largest absolute Gasteiger partial charge is 0.328 e. The van der Waals surface area contributed by atoms with E-state index in [9.17, 15) is 0 Å². The molecule has 0 saturated heterocycles. The predicted octanol–water partition coefficient (Wildman–Crippen LogP) is 4.89. The Balaban J connectivity index is 2.03. The molecule has 1 aromatic carbocycles. The van der Waals surface area contributed by atoms with Gasteiger partial charge in [-0.15, -0.1) is 11.3 Å². The quantitative estimate of drug-likeness (QED) is 0.689. The number of thiophene rings is 1. The first-order valence-corrected chi connectivity index (χ1v) is 8.00. The first-order valence-electron chi connectivity index (χ1n) is 7.12. The van der Waals surface area contributed by atoms with Gasteiger partial charge < -0.3 is 4.90 Å². The van der Waals surface area contributed by atoms with Gasteiger partial charge in [-0.2, -0.15) is 0 Å². The van der Waals surface area contributed by atoms with Crippen molar-refractivity contribution in [2.75, 3.05) is 11.9 Å². The summed E-state index contributed by atoms with van der Waals surface area (Å²) in [5, 5.41) is 2.07. The summed E-state index contributed by atoms with van der Waals surface area (Å²) in [4.78, 5) is 11.3. The Hall–Kier alpha value is -1.94. The van der Waals surface area contributed by atoms with E-state index in [0.717, 1.165) is 27.5 Å². The second kappa shape index (κ2) is 5.45. The van der Waals surface area contributed by atoms with Crippen LogP contribution in [0.25, 0.3) is 10.2 Å². The topological polar surface area (TPSA) is 29.0 Å². The van der Waals surface area contributed by atoms with Gasteiger partial charge in [0.25, 0.3) is 0 Å². The molecule has 0 aliphatic carbocycles. The summed E-state index contributed by atoms with van der Waals surface area (Å²) in [5.74, 6) is 2.33. The van der Waals surface area contributed by atoms with Crippen LogP contribution in [0.2, 0.25) is 0 Å². The minimum Gasteiger partial charge on any atom is -0.328 e. The number of nitrogens with zero attached hydrogens (tertiary/aromatic N) is 3. The second-order valence-corrected chi connectivity index (χ2v) is 6.45. The van der Waals surface area contributed by atoms with Gasteiger partial charge in [-0.1, -0.05) is 26.0 Å². The highest BCUT2D eigenvalue weighted by atomic mass is 32.1. The average Bonchev–Trinajstić information content (AvgIpc) is 2.93. The van der Waals surface area contributed by atoms with Crippen molar-refractivity contribution in [3.8, 4) is 0 Å². The Bertz CT molecular complexity index is 759. The molecule has 0 bridgehead atoms. The van der Waals surface area contributed by atoms with Crippen LogP contribution in [-0.4, -0.2) is 17.0 Å². The summed E-state index contributed by atoms with van der Waals surface area (Å²) >= 11 is 1.69. The molecule has 0 atom stereocenters. The molecule has 0 aliphatic heterocycles. The van der Waals surface area contributed by atoms with Crippen LogP contribution in [0, 0.1) is 6.92 Å². The van der Waals surface area contributed by atoms with Crippen LogP contribution in [0.15, 0.2) is 35.7 Å². The maximum atomic E-state index is 4.63. The number of benzene rings is 1. The lowest BCUT2D eigenvalue weighted by Gasteiger charge is -2.20. The number of anilines is 2. The minimum absolute atomic E-state index is 0.551. The lowest BCUT2D eigenvalue weighted by Crippen LogP contribution is -2.12. The highest BCUT2D eigenvalue weighted by molar-refractivity contribution is 7.17. The molecule has 0 N–H and O–H groups in total. The summed E-state index contributed by atoms with van der Waals surface area (Å²) in [6, 6.07) is 10.7. The molecular formula is C17H19N3S. The minimum atomic E-state index is 0.551. The van der Waals surface area contributed by atoms with Gasteiger partial charge in [-0.05, 0) is 42.0 Å². The molecular weight excluding hydrogens is 278 g/mol. The fourth-order valence-electron chi connectivity index (χ4n) is 2.39. The van der Waals surface area contributed by atoms with E-state index in [-0.39, 0.29) is 0 Å². The van der Waals surface area contributed by atoms with Gasteiger partial charge in [0.1, 0.15) is 5.82 Å². The van der Waals surface area contributed by atoms with Gasteiger partial charge in [-0.25, -0.2) is 9.97 Å². The lowest BCUT2D eigenvalue weighted by molar-refractivity contribution is 0.866. The van der Waals surface area contributed by atoms with E-state index in [1.807, 2.05) is 13.0 Å². The Morgan fingerprint density at radius 2 is 1.76 bits per heavy atom. The number of hydrogen-bond donors (Lipinski definition) is 0. The molecule has 2 aromatic heterocycles. The molecule has 0 fully saturated rings. The molecule has 3 nitrogen and oxygen atoms in total. The van der Waals surface area contributed by atoms with Crippen LogP contribution in [0.5, 0.6) is 0 Å². The van der Waals surface area contributed by atoms with Gasteiger partial charge in [0, 0.05) is 12.7 Å². The molecule has 2 heterocycles. The van der Waals surface area contributed by atoms with Crippen molar-refractivity contribution < 1.29 is 0 Å². The predicted molar refractivity (Wildman–Crippen MR) is 90.7 cm³/mol. The van der Waals surface area contributed by atoms with Crippen molar-refractivity contribution >= 4 is 33.1 Å². The first kappa shape index (κ1) is 14.0. The van der Waals surface area contributed by atoms with Crippen LogP contribution in [0.4, 0.5) is 11.5 Å². The zero-order valence-corrected chi connectivity index (χ0v) is 13.6. The van der Waals surface area contributed by atoms with E-state index >= 15 is 0 Å². The van der Waals surface area contributed by atoms with Gasteiger partial charge in [0.15, 0.2) is 5.82 Å². The number of aryl methyl sites for hydroxylation is 1. The van der Waals surface area contributed by atoms with E-state index < -0.39 is 0 Å². The average molecular weight is 297 g/mol. The highest BCUT2D eigenvalue weighted by Gasteiger charge is 2.13. The molecule has 0 radical (unpaired) electrons. The molecule has 0 spiro atoms. The molecule has 4 heteroatoms. The zero-order chi connectivity index (χ0) is 15.0. The molecule has 0 unspecified atom stereocenters. The number of hydrogen-bond acceptors (Lipinski definition) is 4. The third-order valence-electron chi connectivity index (χ3n) is 3.66. The third kappa shape index (κ3) is 2.63. The van der Waals surface area contributed by atoms with Gasteiger partial charge >= 0.3 is 0 Å². The summed E-state index contributed by atoms with van der Waals surface area (Å²) in [7, 11) is 2.06. The molecule has 21 heavy (non-hydrogen) atoms. The number of rotatable bonds is 3. The Morgan fingerprint density at radius 1 is 1.05 bits per heavy atom. The number of fused-ring (bicyclic) bond motifs is 1. The monoisotopic (exact) mass is 297 g/mol. The van der Waals surface area contributed by atoms with E-state index in [1.54, 1.807) is 11.3 Å². The van der Waals surface area contributed by atoms with Gasteiger partial charge in [-0.3, -0.25) is 0 Å². The summed E-state index contributed by atoms with van der Waals surface area (Å²) < 4.78 is 1.14. The number of aromatic nitrogens is 2. The Labute approximate surface area is 129 Å². The van der Waals surface area contributed by atoms with Crippen LogP contribution < -0.4 is 4.90 Å². The lowest BCUT2D eigenvalue weighted by atomic mass is 10.0. The van der Waals surface area contributed by atoms with Gasteiger partial charge in [0.2, 0.25) is 0 Å². The molecule has 0 saturated carbocycles. The second-order valence-electron chi connectivity index (χ2n) is 5.53. The molecule has 108 valence electrons. The highest BCUT2D eigenvalue weighted by Crippen LogP contribution is 2.32. The van der Waals surface area contributed by atoms with Crippen molar-refractivity contribution in [1.29, 1.82) is 0 Å².